The molecule has 0 fully saturated rings. The zero-order valence-corrected chi connectivity index (χ0v) is 24.0. The van der Waals surface area contributed by atoms with Crippen LogP contribution in [0.15, 0.2) is 94.8 Å². The van der Waals surface area contributed by atoms with Gasteiger partial charge in [0.05, 0.1) is 13.3 Å². The Balaban J connectivity index is 5.90. The molecule has 0 aliphatic carbocycles. The van der Waals surface area contributed by atoms with E-state index in [0.717, 1.165) is 46.8 Å². The number of allylic oxidation sites excluding steroid dienone is 9. The number of nitrogens with one attached hydrogen (secondary N) is 2. The standard InChI is InChI=1S/C29H48N4O3S/c1-7-10-11-15-23(4)18-27(33-22-30)20-29(31)36-28(25(9-3)16-12-13-17-35-6)21-32-26(14-8-2)19-24(5)37-34/h9-16,19-20,28-29,32-34H,3,7-8,17-18,21-22,30-31H2,1-2,4-6H3/b11-10-,13-12-,23-15-,24-19+,25-16+,26-14-,27-20-. The highest BCUT2D eigenvalue weighted by Crippen LogP contribution is 2.16. The van der Waals surface area contributed by atoms with Gasteiger partial charge in [0.1, 0.15) is 12.3 Å². The van der Waals surface area contributed by atoms with Crippen LogP contribution in [-0.2, 0) is 9.47 Å². The molecule has 0 spiro atoms. The molecule has 208 valence electrons. The maximum atomic E-state index is 9.35. The van der Waals surface area contributed by atoms with Gasteiger partial charge in [0.2, 0.25) is 0 Å². The van der Waals surface area contributed by atoms with Crippen LogP contribution in [0.25, 0.3) is 0 Å². The highest BCUT2D eigenvalue weighted by molar-refractivity contribution is 7.97. The van der Waals surface area contributed by atoms with Crippen molar-refractivity contribution in [3.8, 4) is 0 Å². The predicted octanol–water partition coefficient (Wildman–Crippen LogP) is 5.66. The molecule has 2 atom stereocenters. The lowest BCUT2D eigenvalue weighted by Gasteiger charge is -2.24. The molecule has 2 unspecified atom stereocenters. The maximum Gasteiger partial charge on any atom is 0.127 e. The van der Waals surface area contributed by atoms with Crippen molar-refractivity contribution in [1.82, 2.24) is 10.6 Å². The molecule has 0 heterocycles. The van der Waals surface area contributed by atoms with Gasteiger partial charge in [-0.1, -0.05) is 74.6 Å². The molecule has 0 aromatic rings. The van der Waals surface area contributed by atoms with Crippen molar-refractivity contribution < 1.29 is 14.0 Å². The number of methoxy groups -OCH3 is 1. The van der Waals surface area contributed by atoms with Crippen LogP contribution in [0, 0.1) is 0 Å². The molecule has 0 radical (unpaired) electrons. The topological polar surface area (TPSA) is 115 Å². The van der Waals surface area contributed by atoms with Gasteiger partial charge in [0, 0.05) is 48.4 Å². The third-order valence-electron chi connectivity index (χ3n) is 4.95. The average molecular weight is 533 g/mol. The number of hydrogen-bond donors (Lipinski definition) is 5. The van der Waals surface area contributed by atoms with Gasteiger partial charge in [0.15, 0.2) is 0 Å². The Morgan fingerprint density at radius 3 is 2.43 bits per heavy atom. The second-order valence-electron chi connectivity index (χ2n) is 8.24. The number of rotatable bonds is 20. The molecular weight excluding hydrogens is 484 g/mol. The van der Waals surface area contributed by atoms with Crippen LogP contribution in [0.5, 0.6) is 0 Å². The number of ether oxygens (including phenoxy) is 2. The summed E-state index contributed by atoms with van der Waals surface area (Å²) in [7, 11) is 1.65. The van der Waals surface area contributed by atoms with E-state index in [4.69, 9.17) is 20.9 Å². The maximum absolute atomic E-state index is 9.35. The monoisotopic (exact) mass is 532 g/mol. The molecule has 37 heavy (non-hydrogen) atoms. The van der Waals surface area contributed by atoms with Crippen LogP contribution < -0.4 is 22.1 Å². The van der Waals surface area contributed by atoms with Crippen molar-refractivity contribution in [2.45, 2.75) is 59.3 Å². The molecular formula is C29H48N4O3S. The Hall–Kier alpha value is -2.33. The summed E-state index contributed by atoms with van der Waals surface area (Å²) in [5.41, 5.74) is 16.0. The fourth-order valence-corrected chi connectivity index (χ4v) is 3.39. The summed E-state index contributed by atoms with van der Waals surface area (Å²) in [4.78, 5) is 0.779. The van der Waals surface area contributed by atoms with Crippen molar-refractivity contribution in [1.29, 1.82) is 0 Å². The molecule has 7 N–H and O–H groups in total. The lowest BCUT2D eigenvalue weighted by Crippen LogP contribution is -2.36. The van der Waals surface area contributed by atoms with E-state index in [1.165, 1.54) is 5.57 Å². The second-order valence-corrected chi connectivity index (χ2v) is 9.06. The SMILES string of the molecule is C=C/C(=C\C=C/COC)C(CNC(=C\CC)/C=C(\C)SO)OC(N)/C=C(/C/C(C)=C\C=C/CC)NCN. The van der Waals surface area contributed by atoms with Crippen LogP contribution >= 0.6 is 12.0 Å². The fraction of sp³-hybridized carbons (Fsp3) is 0.448. The Kier molecular flexibility index (Phi) is 21.4. The molecule has 0 aliphatic rings. The number of hydrogen-bond acceptors (Lipinski definition) is 8. The van der Waals surface area contributed by atoms with Crippen molar-refractivity contribution in [3.05, 3.63) is 94.8 Å². The normalized spacial score (nSPS) is 15.9. The fourth-order valence-electron chi connectivity index (χ4n) is 3.21. The Morgan fingerprint density at radius 2 is 1.84 bits per heavy atom. The predicted molar refractivity (Wildman–Crippen MR) is 161 cm³/mol. The highest BCUT2D eigenvalue weighted by atomic mass is 32.2. The second kappa shape index (κ2) is 22.8. The largest absolute Gasteiger partial charge is 0.382 e. The zero-order chi connectivity index (χ0) is 27.9. The van der Waals surface area contributed by atoms with Gasteiger partial charge in [-0.2, -0.15) is 0 Å². The molecule has 0 saturated heterocycles. The van der Waals surface area contributed by atoms with Crippen molar-refractivity contribution in [3.63, 3.8) is 0 Å². The van der Waals surface area contributed by atoms with E-state index in [-0.39, 0.29) is 0 Å². The minimum absolute atomic E-state index is 0.295. The van der Waals surface area contributed by atoms with Gasteiger partial charge in [0.25, 0.3) is 0 Å². The lowest BCUT2D eigenvalue weighted by molar-refractivity contribution is 0.0413. The summed E-state index contributed by atoms with van der Waals surface area (Å²) in [6.45, 7) is 13.3. The van der Waals surface area contributed by atoms with Gasteiger partial charge in [-0.15, -0.1) is 0 Å². The first-order valence-electron chi connectivity index (χ1n) is 12.6. The first-order valence-corrected chi connectivity index (χ1v) is 13.4. The molecule has 7 nitrogen and oxygen atoms in total. The van der Waals surface area contributed by atoms with E-state index in [1.807, 2.05) is 37.3 Å². The minimum atomic E-state index is -0.685. The lowest BCUT2D eigenvalue weighted by atomic mass is 10.1. The zero-order valence-electron chi connectivity index (χ0n) is 23.2. The summed E-state index contributed by atoms with van der Waals surface area (Å²) in [6, 6.07) is 0. The van der Waals surface area contributed by atoms with Gasteiger partial charge < -0.3 is 36.1 Å². The molecule has 0 saturated carbocycles. The van der Waals surface area contributed by atoms with E-state index in [1.54, 1.807) is 13.2 Å². The molecule has 0 rings (SSSR count). The van der Waals surface area contributed by atoms with Crippen LogP contribution in [0.1, 0.15) is 47.0 Å². The first-order chi connectivity index (χ1) is 17.8. The third kappa shape index (κ3) is 17.7. The van der Waals surface area contributed by atoms with Crippen molar-refractivity contribution in [2.24, 2.45) is 11.5 Å². The molecule has 0 aromatic carbocycles. The molecule has 0 bridgehead atoms. The first kappa shape index (κ1) is 34.7. The quantitative estimate of drug-likeness (QED) is 0.0775. The Labute approximate surface area is 229 Å². The Bertz CT molecular complexity index is 857. The van der Waals surface area contributed by atoms with E-state index in [2.05, 4.69) is 62.3 Å². The van der Waals surface area contributed by atoms with Crippen LogP contribution in [0.4, 0.5) is 0 Å². The highest BCUT2D eigenvalue weighted by Gasteiger charge is 2.17. The third-order valence-corrected chi connectivity index (χ3v) is 5.36. The molecule has 0 aliphatic heterocycles. The van der Waals surface area contributed by atoms with Gasteiger partial charge in [-0.05, 0) is 44.4 Å². The van der Waals surface area contributed by atoms with E-state index in [0.29, 0.717) is 26.2 Å². The van der Waals surface area contributed by atoms with Gasteiger partial charge in [-0.3, -0.25) is 0 Å². The Morgan fingerprint density at radius 1 is 1.11 bits per heavy atom. The average Bonchev–Trinajstić information content (AvgIpc) is 2.87. The van der Waals surface area contributed by atoms with Crippen LogP contribution in [-0.4, -0.2) is 43.8 Å². The summed E-state index contributed by atoms with van der Waals surface area (Å²) < 4.78 is 20.7. The molecule has 0 amide bonds. The van der Waals surface area contributed by atoms with Crippen LogP contribution in [0.2, 0.25) is 0 Å². The molecule has 8 heteroatoms. The van der Waals surface area contributed by atoms with E-state index < -0.39 is 12.3 Å². The van der Waals surface area contributed by atoms with E-state index in [9.17, 15) is 4.55 Å². The summed E-state index contributed by atoms with van der Waals surface area (Å²) in [6.07, 6.45) is 21.0. The van der Waals surface area contributed by atoms with Crippen molar-refractivity contribution >= 4 is 12.0 Å². The summed E-state index contributed by atoms with van der Waals surface area (Å²) in [5, 5.41) is 6.61. The summed E-state index contributed by atoms with van der Waals surface area (Å²) in [5.74, 6) is 0. The van der Waals surface area contributed by atoms with Crippen molar-refractivity contribution in [2.75, 3.05) is 26.9 Å². The smallest absolute Gasteiger partial charge is 0.127 e. The minimum Gasteiger partial charge on any atom is -0.382 e. The molecule has 0 aromatic heterocycles. The van der Waals surface area contributed by atoms with Gasteiger partial charge >= 0.3 is 0 Å². The van der Waals surface area contributed by atoms with E-state index >= 15 is 0 Å². The van der Waals surface area contributed by atoms with Gasteiger partial charge in [-0.25, -0.2) is 0 Å². The number of nitrogens with two attached hydrogens (primary N) is 2. The summed E-state index contributed by atoms with van der Waals surface area (Å²) >= 11 is 0.719. The van der Waals surface area contributed by atoms with Crippen LogP contribution in [0.3, 0.4) is 0 Å².